The predicted molar refractivity (Wildman–Crippen MR) is 115 cm³/mol. The van der Waals surface area contributed by atoms with Crippen molar-refractivity contribution in [2.24, 2.45) is 9.50 Å². The molecule has 31 heavy (non-hydrogen) atoms. The topological polar surface area (TPSA) is 126 Å². The average Bonchev–Trinajstić information content (AvgIpc) is 3.43. The van der Waals surface area contributed by atoms with E-state index in [1.54, 1.807) is 0 Å². The second-order valence-corrected chi connectivity index (χ2v) is 11.6. The van der Waals surface area contributed by atoms with Crippen LogP contribution in [0, 0.1) is 5.82 Å². The molecule has 2 aliphatic rings. The Labute approximate surface area is 184 Å². The third-order valence-corrected chi connectivity index (χ3v) is 9.27. The number of amides is 1. The first kappa shape index (κ1) is 22.5. The minimum absolute atomic E-state index is 0.0185. The van der Waals surface area contributed by atoms with E-state index in [1.165, 1.54) is 13.8 Å². The van der Waals surface area contributed by atoms with E-state index in [0.717, 1.165) is 53.7 Å². The lowest BCUT2D eigenvalue weighted by Gasteiger charge is -2.15. The number of nitrogens with two attached hydrogens (primary N) is 1. The number of hydrogen-bond acceptors (Lipinski definition) is 6. The molecular formula is C21H26FN3O4S2. The Balaban J connectivity index is 1.72. The summed E-state index contributed by atoms with van der Waals surface area (Å²) in [6.45, 7) is 2.47. The van der Waals surface area contributed by atoms with Gasteiger partial charge in [-0.3, -0.25) is 4.79 Å². The van der Waals surface area contributed by atoms with Crippen LogP contribution >= 0.6 is 11.3 Å². The lowest BCUT2D eigenvalue weighted by molar-refractivity contribution is -0.117. The molecule has 0 radical (unpaired) electrons. The third kappa shape index (κ3) is 4.07. The molecule has 1 amide bonds. The minimum atomic E-state index is -3.66. The van der Waals surface area contributed by atoms with E-state index in [4.69, 9.17) is 5.14 Å². The molecule has 1 heterocycles. The summed E-state index contributed by atoms with van der Waals surface area (Å²) in [7, 11) is -3.66. The van der Waals surface area contributed by atoms with Gasteiger partial charge in [0.2, 0.25) is 0 Å². The molecule has 2 aromatic rings. The summed E-state index contributed by atoms with van der Waals surface area (Å²) in [5.41, 5.74) is 2.73. The highest BCUT2D eigenvalue weighted by molar-refractivity contribution is 7.93. The van der Waals surface area contributed by atoms with Crippen LogP contribution in [0.2, 0.25) is 0 Å². The van der Waals surface area contributed by atoms with Crippen molar-refractivity contribution in [2.45, 2.75) is 75.2 Å². The fourth-order valence-corrected chi connectivity index (χ4v) is 7.05. The van der Waals surface area contributed by atoms with Gasteiger partial charge in [-0.1, -0.05) is 0 Å². The maximum absolute atomic E-state index is 14.8. The van der Waals surface area contributed by atoms with Crippen LogP contribution in [-0.2, 0) is 59.0 Å². The highest BCUT2D eigenvalue weighted by Crippen LogP contribution is 2.38. The number of fused-ring (bicyclic) bond motifs is 2. The Morgan fingerprint density at radius 1 is 1.19 bits per heavy atom. The molecule has 0 spiro atoms. The number of aliphatic hydroxyl groups is 2. The summed E-state index contributed by atoms with van der Waals surface area (Å²) < 4.78 is 31.8. The SMILES string of the molecule is CC(C)(O)c1nc(CO)c(S(N)(=O)=NC(=O)Cc2c3c(c(F)c4c2CCC4)CCC3)s1. The van der Waals surface area contributed by atoms with Crippen molar-refractivity contribution in [3.63, 3.8) is 0 Å². The first-order valence-electron chi connectivity index (χ1n) is 10.3. The van der Waals surface area contributed by atoms with Gasteiger partial charge in [-0.2, -0.15) is 0 Å². The Morgan fingerprint density at radius 2 is 1.74 bits per heavy atom. The maximum atomic E-state index is 14.8. The molecule has 4 rings (SSSR count). The first-order chi connectivity index (χ1) is 14.5. The van der Waals surface area contributed by atoms with Gasteiger partial charge >= 0.3 is 0 Å². The van der Waals surface area contributed by atoms with Crippen molar-refractivity contribution in [3.8, 4) is 0 Å². The molecule has 1 aromatic carbocycles. The van der Waals surface area contributed by atoms with Crippen molar-refractivity contribution in [1.29, 1.82) is 0 Å². The quantitative estimate of drug-likeness (QED) is 0.623. The van der Waals surface area contributed by atoms with E-state index in [9.17, 15) is 23.6 Å². The van der Waals surface area contributed by atoms with Crippen LogP contribution in [0.3, 0.4) is 0 Å². The second kappa shape index (κ2) is 8.00. The zero-order valence-electron chi connectivity index (χ0n) is 17.5. The number of carbonyl (C=O) groups excluding carboxylic acids is 1. The minimum Gasteiger partial charge on any atom is -0.390 e. The molecule has 10 heteroatoms. The van der Waals surface area contributed by atoms with Gasteiger partial charge in [0, 0.05) is 0 Å². The van der Waals surface area contributed by atoms with Crippen LogP contribution in [0.15, 0.2) is 8.57 Å². The van der Waals surface area contributed by atoms with E-state index in [0.29, 0.717) is 24.0 Å². The van der Waals surface area contributed by atoms with E-state index in [1.807, 2.05) is 0 Å². The number of benzene rings is 1. The number of aliphatic hydroxyl groups excluding tert-OH is 1. The molecule has 0 fully saturated rings. The summed E-state index contributed by atoms with van der Waals surface area (Å²) in [4.78, 5) is 17.0. The molecule has 4 N–H and O–H groups in total. The maximum Gasteiger partial charge on any atom is 0.259 e. The molecule has 168 valence electrons. The van der Waals surface area contributed by atoms with Gasteiger partial charge in [0.25, 0.3) is 5.91 Å². The monoisotopic (exact) mass is 467 g/mol. The zero-order valence-corrected chi connectivity index (χ0v) is 19.2. The van der Waals surface area contributed by atoms with Crippen molar-refractivity contribution in [3.05, 3.63) is 44.3 Å². The highest BCUT2D eigenvalue weighted by atomic mass is 32.2. The lowest BCUT2D eigenvalue weighted by atomic mass is 9.91. The number of thiazole rings is 1. The van der Waals surface area contributed by atoms with Gasteiger partial charge in [-0.05, 0) is 80.2 Å². The number of carbonyl (C=O) groups is 1. The van der Waals surface area contributed by atoms with Gasteiger partial charge < -0.3 is 10.2 Å². The standard InChI is InChI=1S/C21H26FN3O4S2/c1-21(2,28)20-24-16(10-26)19(30-20)31(23,29)25-17(27)9-15-11-5-3-7-13(11)18(22)14-8-4-6-12(14)15/h26,28H,3-10H2,1-2H3,(H2,23,25,27,29). The van der Waals surface area contributed by atoms with E-state index < -0.39 is 28.0 Å². The molecule has 0 saturated heterocycles. The van der Waals surface area contributed by atoms with Gasteiger partial charge in [0.15, 0.2) is 9.92 Å². The lowest BCUT2D eigenvalue weighted by Crippen LogP contribution is -2.17. The summed E-state index contributed by atoms with van der Waals surface area (Å²) in [5.74, 6) is -0.767. The van der Waals surface area contributed by atoms with E-state index in [2.05, 4.69) is 9.35 Å². The van der Waals surface area contributed by atoms with Crippen LogP contribution in [0.1, 0.15) is 65.2 Å². The number of nitrogens with zero attached hydrogens (tertiary/aromatic N) is 2. The second-order valence-electron chi connectivity index (χ2n) is 8.61. The highest BCUT2D eigenvalue weighted by Gasteiger charge is 2.31. The van der Waals surface area contributed by atoms with E-state index in [-0.39, 0.29) is 27.1 Å². The number of rotatable bonds is 5. The van der Waals surface area contributed by atoms with Crippen LogP contribution in [-0.4, -0.2) is 25.3 Å². The Morgan fingerprint density at radius 3 is 2.26 bits per heavy atom. The number of hydrogen-bond donors (Lipinski definition) is 3. The number of halogens is 1. The van der Waals surface area contributed by atoms with Crippen LogP contribution < -0.4 is 5.14 Å². The smallest absolute Gasteiger partial charge is 0.259 e. The number of aromatic nitrogens is 1. The fourth-order valence-electron chi connectivity index (χ4n) is 4.52. The van der Waals surface area contributed by atoms with Gasteiger partial charge in [-0.25, -0.2) is 18.7 Å². The van der Waals surface area contributed by atoms with Gasteiger partial charge in [-0.15, -0.1) is 15.7 Å². The predicted octanol–water partition coefficient (Wildman–Crippen LogP) is 2.45. The largest absolute Gasteiger partial charge is 0.390 e. The van der Waals surface area contributed by atoms with E-state index >= 15 is 0 Å². The molecule has 0 aliphatic heterocycles. The molecule has 0 saturated carbocycles. The molecule has 1 atom stereocenters. The van der Waals surface area contributed by atoms with Crippen LogP contribution in [0.5, 0.6) is 0 Å². The van der Waals surface area contributed by atoms with Crippen molar-refractivity contribution in [2.75, 3.05) is 0 Å². The van der Waals surface area contributed by atoms with Crippen molar-refractivity contribution >= 4 is 27.2 Å². The third-order valence-electron chi connectivity index (χ3n) is 5.86. The Hall–Kier alpha value is -1.72. The summed E-state index contributed by atoms with van der Waals surface area (Å²) in [6.07, 6.45) is 4.40. The normalized spacial score (nSPS) is 17.4. The average molecular weight is 468 g/mol. The molecule has 1 unspecified atom stereocenters. The van der Waals surface area contributed by atoms with Gasteiger partial charge in [0.1, 0.15) is 20.6 Å². The van der Waals surface area contributed by atoms with Crippen molar-refractivity contribution < 1.29 is 23.6 Å². The summed E-state index contributed by atoms with van der Waals surface area (Å²) in [6, 6.07) is 0. The Kier molecular flexibility index (Phi) is 5.80. The molecule has 2 aliphatic carbocycles. The van der Waals surface area contributed by atoms with Crippen LogP contribution in [0.25, 0.3) is 0 Å². The first-order valence-corrected chi connectivity index (χ1v) is 12.7. The summed E-state index contributed by atoms with van der Waals surface area (Å²) >= 11 is 0.871. The Bertz CT molecular complexity index is 1160. The molecule has 7 nitrogen and oxygen atoms in total. The molecular weight excluding hydrogens is 441 g/mol. The van der Waals surface area contributed by atoms with Crippen LogP contribution in [0.4, 0.5) is 4.39 Å². The molecule has 1 aromatic heterocycles. The van der Waals surface area contributed by atoms with Gasteiger partial charge in [0.05, 0.1) is 18.7 Å². The molecule has 0 bridgehead atoms. The fraction of sp³-hybridized carbons (Fsp3) is 0.524. The summed E-state index contributed by atoms with van der Waals surface area (Å²) in [5, 5.41) is 25.9. The zero-order chi connectivity index (χ0) is 22.6. The van der Waals surface area contributed by atoms with Crippen molar-refractivity contribution in [1.82, 2.24) is 4.98 Å².